The SMILES string of the molecule is CC1(C(=O)NC2CCN(C(=O)NC3CCCCC3)CC2)CC1(Cl)Cl. The van der Waals surface area contributed by atoms with Gasteiger partial charge in [0.15, 0.2) is 0 Å². The van der Waals surface area contributed by atoms with Crippen LogP contribution in [0.2, 0.25) is 0 Å². The van der Waals surface area contributed by atoms with Gasteiger partial charge in [0.2, 0.25) is 5.91 Å². The van der Waals surface area contributed by atoms with E-state index in [9.17, 15) is 9.59 Å². The van der Waals surface area contributed by atoms with Gasteiger partial charge in [0.05, 0.1) is 5.41 Å². The maximum absolute atomic E-state index is 12.3. The third kappa shape index (κ3) is 3.77. The molecule has 0 aromatic heterocycles. The molecule has 3 fully saturated rings. The number of hydrogen-bond donors (Lipinski definition) is 2. The Morgan fingerprint density at radius 1 is 0.958 bits per heavy atom. The number of likely N-dealkylation sites (tertiary alicyclic amines) is 1. The molecule has 1 atom stereocenters. The number of hydrogen-bond acceptors (Lipinski definition) is 2. The monoisotopic (exact) mass is 375 g/mol. The Morgan fingerprint density at radius 3 is 2.04 bits per heavy atom. The number of alkyl halides is 2. The molecule has 0 radical (unpaired) electrons. The second-order valence-corrected chi connectivity index (χ2v) is 9.22. The fourth-order valence-electron chi connectivity index (χ4n) is 3.73. The molecule has 1 aliphatic heterocycles. The number of rotatable bonds is 3. The minimum atomic E-state index is -0.933. The second-order valence-electron chi connectivity index (χ2n) is 7.73. The molecule has 136 valence electrons. The first-order valence-corrected chi connectivity index (χ1v) is 9.82. The molecule has 1 saturated heterocycles. The Hall–Kier alpha value is -0.680. The van der Waals surface area contributed by atoms with E-state index in [1.165, 1.54) is 19.3 Å². The smallest absolute Gasteiger partial charge is 0.317 e. The molecule has 24 heavy (non-hydrogen) atoms. The number of urea groups is 1. The summed E-state index contributed by atoms with van der Waals surface area (Å²) in [5.74, 6) is -0.0717. The van der Waals surface area contributed by atoms with Crippen LogP contribution >= 0.6 is 23.2 Å². The van der Waals surface area contributed by atoms with Gasteiger partial charge in [-0.05, 0) is 39.0 Å². The highest BCUT2D eigenvalue weighted by Gasteiger charge is 2.68. The van der Waals surface area contributed by atoms with Crippen molar-refractivity contribution in [3.8, 4) is 0 Å². The number of piperidine rings is 1. The standard InChI is InChI=1S/C17H27Cl2N3O2/c1-16(11-17(16,18)19)14(23)20-13-7-9-22(10-8-13)15(24)21-12-5-3-2-4-6-12/h12-13H,2-11H2,1H3,(H,20,23)(H,21,24). The van der Waals surface area contributed by atoms with Gasteiger partial charge in [-0.25, -0.2) is 4.79 Å². The topological polar surface area (TPSA) is 61.4 Å². The van der Waals surface area contributed by atoms with E-state index in [4.69, 9.17) is 23.2 Å². The Balaban J connectivity index is 1.41. The molecule has 1 heterocycles. The van der Waals surface area contributed by atoms with Crippen molar-refractivity contribution in [2.24, 2.45) is 5.41 Å². The van der Waals surface area contributed by atoms with Gasteiger partial charge in [-0.3, -0.25) is 4.79 Å². The Kier molecular flexibility index (Phi) is 5.22. The van der Waals surface area contributed by atoms with Crippen LogP contribution in [-0.4, -0.2) is 46.3 Å². The van der Waals surface area contributed by atoms with Crippen molar-refractivity contribution in [1.82, 2.24) is 15.5 Å². The fourth-order valence-corrected chi connectivity index (χ4v) is 4.44. The van der Waals surface area contributed by atoms with E-state index in [1.54, 1.807) is 6.92 Å². The number of amides is 3. The number of carbonyl (C=O) groups excluding carboxylic acids is 2. The van der Waals surface area contributed by atoms with Crippen LogP contribution in [0.15, 0.2) is 0 Å². The highest BCUT2D eigenvalue weighted by molar-refractivity contribution is 6.53. The van der Waals surface area contributed by atoms with Gasteiger partial charge in [-0.1, -0.05) is 19.3 Å². The van der Waals surface area contributed by atoms with Gasteiger partial charge in [0.1, 0.15) is 4.33 Å². The Morgan fingerprint density at radius 2 is 1.50 bits per heavy atom. The predicted octanol–water partition coefficient (Wildman–Crippen LogP) is 3.19. The molecule has 3 amide bonds. The molecule has 0 aromatic carbocycles. The molecule has 3 rings (SSSR count). The van der Waals surface area contributed by atoms with Crippen molar-refractivity contribution < 1.29 is 9.59 Å². The average molecular weight is 376 g/mol. The third-order valence-electron chi connectivity index (χ3n) is 5.81. The lowest BCUT2D eigenvalue weighted by molar-refractivity contribution is -0.126. The predicted molar refractivity (Wildman–Crippen MR) is 95.3 cm³/mol. The average Bonchev–Trinajstić information content (AvgIpc) is 3.08. The summed E-state index contributed by atoms with van der Waals surface area (Å²) in [6, 6.07) is 0.471. The van der Waals surface area contributed by atoms with E-state index >= 15 is 0 Å². The van der Waals surface area contributed by atoms with E-state index in [1.807, 2.05) is 4.90 Å². The minimum Gasteiger partial charge on any atom is -0.353 e. The second kappa shape index (κ2) is 6.91. The summed E-state index contributed by atoms with van der Waals surface area (Å²) in [7, 11) is 0. The highest BCUT2D eigenvalue weighted by Crippen LogP contribution is 2.63. The van der Waals surface area contributed by atoms with Gasteiger partial charge < -0.3 is 15.5 Å². The lowest BCUT2D eigenvalue weighted by Crippen LogP contribution is -2.52. The molecule has 7 heteroatoms. The summed E-state index contributed by atoms with van der Waals surface area (Å²) in [6.45, 7) is 3.15. The van der Waals surface area contributed by atoms with Gasteiger partial charge in [0, 0.05) is 25.2 Å². The molecule has 0 aromatic rings. The molecule has 5 nitrogen and oxygen atoms in total. The van der Waals surface area contributed by atoms with Crippen LogP contribution in [0, 0.1) is 5.41 Å². The van der Waals surface area contributed by atoms with Crippen LogP contribution in [-0.2, 0) is 4.79 Å². The zero-order valence-electron chi connectivity index (χ0n) is 14.2. The molecule has 2 N–H and O–H groups in total. The Labute approximate surface area is 153 Å². The quantitative estimate of drug-likeness (QED) is 0.744. The molecule has 0 spiro atoms. The van der Waals surface area contributed by atoms with Crippen molar-refractivity contribution >= 4 is 35.1 Å². The number of nitrogens with one attached hydrogen (secondary N) is 2. The largest absolute Gasteiger partial charge is 0.353 e. The van der Waals surface area contributed by atoms with Gasteiger partial charge in [0.25, 0.3) is 0 Å². The normalized spacial score (nSPS) is 30.7. The van der Waals surface area contributed by atoms with Crippen molar-refractivity contribution in [2.45, 2.75) is 74.7 Å². The van der Waals surface area contributed by atoms with Crippen LogP contribution in [0.1, 0.15) is 58.3 Å². The van der Waals surface area contributed by atoms with Crippen molar-refractivity contribution in [1.29, 1.82) is 0 Å². The van der Waals surface area contributed by atoms with Crippen molar-refractivity contribution in [3.05, 3.63) is 0 Å². The summed E-state index contributed by atoms with van der Waals surface area (Å²) in [5, 5.41) is 6.21. The van der Waals surface area contributed by atoms with Crippen LogP contribution in [0.4, 0.5) is 4.79 Å². The molecule has 3 aliphatic rings. The molecule has 2 saturated carbocycles. The van der Waals surface area contributed by atoms with Crippen LogP contribution in [0.5, 0.6) is 0 Å². The first-order valence-electron chi connectivity index (χ1n) is 9.06. The molecule has 2 aliphatic carbocycles. The van der Waals surface area contributed by atoms with E-state index in [2.05, 4.69) is 10.6 Å². The summed E-state index contributed by atoms with van der Waals surface area (Å²) in [4.78, 5) is 26.5. The first-order chi connectivity index (χ1) is 11.3. The highest BCUT2D eigenvalue weighted by atomic mass is 35.5. The van der Waals surface area contributed by atoms with Crippen LogP contribution in [0.3, 0.4) is 0 Å². The summed E-state index contributed by atoms with van der Waals surface area (Å²) >= 11 is 12.1. The number of halogens is 2. The third-order valence-corrected chi connectivity index (χ3v) is 6.91. The van der Waals surface area contributed by atoms with E-state index in [-0.39, 0.29) is 18.0 Å². The first kappa shape index (κ1) is 18.1. The van der Waals surface area contributed by atoms with E-state index < -0.39 is 9.75 Å². The lowest BCUT2D eigenvalue weighted by atomic mass is 9.95. The zero-order chi connectivity index (χ0) is 17.4. The molecular weight excluding hydrogens is 349 g/mol. The molecule has 1 unspecified atom stereocenters. The van der Waals surface area contributed by atoms with Gasteiger partial charge in [-0.2, -0.15) is 0 Å². The van der Waals surface area contributed by atoms with E-state index in [0.717, 1.165) is 25.7 Å². The van der Waals surface area contributed by atoms with Crippen molar-refractivity contribution in [3.63, 3.8) is 0 Å². The lowest BCUT2D eigenvalue weighted by Gasteiger charge is -2.34. The maximum atomic E-state index is 12.3. The zero-order valence-corrected chi connectivity index (χ0v) is 15.8. The molecule has 0 bridgehead atoms. The van der Waals surface area contributed by atoms with E-state index in [0.29, 0.717) is 25.6 Å². The minimum absolute atomic E-state index is 0.0429. The summed E-state index contributed by atoms with van der Waals surface area (Å²) in [5.41, 5.74) is -0.675. The Bertz CT molecular complexity index is 500. The van der Waals surface area contributed by atoms with Gasteiger partial charge >= 0.3 is 6.03 Å². The maximum Gasteiger partial charge on any atom is 0.317 e. The number of nitrogens with zero attached hydrogens (tertiary/aromatic N) is 1. The fraction of sp³-hybridized carbons (Fsp3) is 0.882. The molecular formula is C17H27Cl2N3O2. The summed E-state index contributed by atoms with van der Waals surface area (Å²) in [6.07, 6.45) is 7.93. The van der Waals surface area contributed by atoms with Crippen LogP contribution < -0.4 is 10.6 Å². The summed E-state index contributed by atoms with van der Waals surface area (Å²) < 4.78 is -0.933. The number of carbonyl (C=O) groups is 2. The van der Waals surface area contributed by atoms with Crippen molar-refractivity contribution in [2.75, 3.05) is 13.1 Å². The van der Waals surface area contributed by atoms with Crippen LogP contribution in [0.25, 0.3) is 0 Å². The van der Waals surface area contributed by atoms with Gasteiger partial charge in [-0.15, -0.1) is 23.2 Å².